The van der Waals surface area contributed by atoms with E-state index >= 15 is 0 Å². The first-order chi connectivity index (χ1) is 18.2. The topological polar surface area (TPSA) is 95.3 Å². The van der Waals surface area contributed by atoms with Gasteiger partial charge in [0.2, 0.25) is 5.91 Å². The zero-order valence-corrected chi connectivity index (χ0v) is 24.0. The molecule has 0 aliphatic carbocycles. The van der Waals surface area contributed by atoms with Gasteiger partial charge < -0.3 is 19.4 Å². The van der Waals surface area contributed by atoms with Crippen LogP contribution in [0.4, 0.5) is 5.00 Å². The number of methoxy groups -OCH3 is 1. The Morgan fingerprint density at radius 1 is 1.13 bits per heavy atom. The van der Waals surface area contributed by atoms with Crippen molar-refractivity contribution in [2.75, 3.05) is 18.2 Å². The number of amides is 1. The SMILES string of the molecule is COC(=O)c1c(-c2ccc(C)cc2)csc1NC(=O)CSc1nnc(C(C)Oc2cc(C)ccc2Cl)n1C. The van der Waals surface area contributed by atoms with Gasteiger partial charge in [0.05, 0.1) is 17.9 Å². The third-order valence-corrected chi connectivity index (χ3v) is 7.98. The summed E-state index contributed by atoms with van der Waals surface area (Å²) in [6.45, 7) is 5.82. The molecule has 11 heteroatoms. The number of hydrogen-bond donors (Lipinski definition) is 1. The molecule has 0 bridgehead atoms. The highest BCUT2D eigenvalue weighted by atomic mass is 35.5. The van der Waals surface area contributed by atoms with Crippen LogP contribution in [0.2, 0.25) is 5.02 Å². The average Bonchev–Trinajstić information content (AvgIpc) is 3.48. The van der Waals surface area contributed by atoms with E-state index in [9.17, 15) is 9.59 Å². The molecule has 2 aromatic carbocycles. The van der Waals surface area contributed by atoms with Crippen LogP contribution < -0.4 is 10.1 Å². The number of halogens is 1. The summed E-state index contributed by atoms with van der Waals surface area (Å²) in [6.07, 6.45) is -0.413. The van der Waals surface area contributed by atoms with Crippen molar-refractivity contribution < 1.29 is 19.1 Å². The smallest absolute Gasteiger partial charge is 0.341 e. The number of ether oxygens (including phenoxy) is 2. The molecule has 0 saturated heterocycles. The summed E-state index contributed by atoms with van der Waals surface area (Å²) < 4.78 is 12.8. The number of carbonyl (C=O) groups is 2. The van der Waals surface area contributed by atoms with E-state index in [1.807, 2.05) is 69.6 Å². The summed E-state index contributed by atoms with van der Waals surface area (Å²) in [5.74, 6) is 0.448. The first kappa shape index (κ1) is 27.7. The van der Waals surface area contributed by atoms with Crippen LogP contribution in [0.3, 0.4) is 0 Å². The van der Waals surface area contributed by atoms with Crippen LogP contribution in [-0.2, 0) is 16.6 Å². The summed E-state index contributed by atoms with van der Waals surface area (Å²) >= 11 is 8.78. The molecule has 4 rings (SSSR count). The lowest BCUT2D eigenvalue weighted by Gasteiger charge is -2.15. The molecule has 2 aromatic heterocycles. The number of hydrogen-bond acceptors (Lipinski definition) is 8. The lowest BCUT2D eigenvalue weighted by atomic mass is 10.0. The fourth-order valence-electron chi connectivity index (χ4n) is 3.74. The van der Waals surface area contributed by atoms with Crippen LogP contribution in [0.1, 0.15) is 40.3 Å². The molecule has 38 heavy (non-hydrogen) atoms. The van der Waals surface area contributed by atoms with Crippen molar-refractivity contribution in [1.82, 2.24) is 14.8 Å². The van der Waals surface area contributed by atoms with E-state index in [1.165, 1.54) is 30.2 Å². The van der Waals surface area contributed by atoms with E-state index in [0.29, 0.717) is 37.9 Å². The number of nitrogens with one attached hydrogen (secondary N) is 1. The van der Waals surface area contributed by atoms with Crippen LogP contribution in [0.5, 0.6) is 5.75 Å². The standard InChI is InChI=1S/C27H27ClN4O4S2/c1-15-6-9-18(10-7-15)19-13-37-25(23(19)26(34)35-5)29-22(33)14-38-27-31-30-24(32(27)4)17(3)36-21-12-16(2)8-11-20(21)28/h6-13,17H,14H2,1-5H3,(H,29,33). The van der Waals surface area contributed by atoms with Crippen LogP contribution >= 0.6 is 34.7 Å². The minimum atomic E-state index is -0.509. The molecule has 4 aromatic rings. The van der Waals surface area contributed by atoms with Crippen molar-refractivity contribution in [3.63, 3.8) is 0 Å². The second kappa shape index (κ2) is 12.0. The molecule has 1 unspecified atom stereocenters. The minimum Gasteiger partial charge on any atom is -0.481 e. The van der Waals surface area contributed by atoms with Gasteiger partial charge >= 0.3 is 5.97 Å². The Bertz CT molecular complexity index is 1470. The maximum atomic E-state index is 12.8. The summed E-state index contributed by atoms with van der Waals surface area (Å²) in [6, 6.07) is 13.4. The molecular weight excluding hydrogens is 544 g/mol. The summed E-state index contributed by atoms with van der Waals surface area (Å²) in [5, 5.41) is 14.7. The highest BCUT2D eigenvalue weighted by Crippen LogP contribution is 2.36. The number of thioether (sulfide) groups is 1. The highest BCUT2D eigenvalue weighted by molar-refractivity contribution is 7.99. The lowest BCUT2D eigenvalue weighted by Crippen LogP contribution is -2.16. The van der Waals surface area contributed by atoms with Crippen LogP contribution in [0.15, 0.2) is 53.0 Å². The summed E-state index contributed by atoms with van der Waals surface area (Å²) in [4.78, 5) is 25.4. The van der Waals surface area contributed by atoms with Crippen LogP contribution in [0.25, 0.3) is 11.1 Å². The lowest BCUT2D eigenvalue weighted by molar-refractivity contribution is -0.113. The van der Waals surface area contributed by atoms with Gasteiger partial charge in [0.25, 0.3) is 0 Å². The van der Waals surface area contributed by atoms with E-state index in [-0.39, 0.29) is 11.7 Å². The molecule has 0 saturated carbocycles. The van der Waals surface area contributed by atoms with Gasteiger partial charge in [0.1, 0.15) is 16.3 Å². The van der Waals surface area contributed by atoms with E-state index in [1.54, 1.807) is 10.6 Å². The number of carbonyl (C=O) groups excluding carboxylic acids is 2. The molecule has 1 atom stereocenters. The van der Waals surface area contributed by atoms with E-state index in [4.69, 9.17) is 21.1 Å². The molecule has 1 amide bonds. The largest absolute Gasteiger partial charge is 0.481 e. The van der Waals surface area contributed by atoms with Crippen LogP contribution in [-0.4, -0.2) is 39.5 Å². The fraction of sp³-hybridized carbons (Fsp3) is 0.259. The van der Waals surface area contributed by atoms with Gasteiger partial charge in [0, 0.05) is 18.0 Å². The molecule has 8 nitrogen and oxygen atoms in total. The normalized spacial score (nSPS) is 11.7. The first-order valence-electron chi connectivity index (χ1n) is 11.7. The maximum Gasteiger partial charge on any atom is 0.341 e. The summed E-state index contributed by atoms with van der Waals surface area (Å²) in [7, 11) is 3.14. The zero-order valence-electron chi connectivity index (χ0n) is 21.6. The number of nitrogens with zero attached hydrogens (tertiary/aromatic N) is 3. The van der Waals surface area contributed by atoms with Crippen molar-refractivity contribution in [1.29, 1.82) is 0 Å². The van der Waals surface area contributed by atoms with Gasteiger partial charge in [-0.3, -0.25) is 4.79 Å². The number of esters is 1. The van der Waals surface area contributed by atoms with Gasteiger partial charge in [-0.25, -0.2) is 4.79 Å². The first-order valence-corrected chi connectivity index (χ1v) is 13.9. The van der Waals surface area contributed by atoms with E-state index in [0.717, 1.165) is 16.7 Å². The van der Waals surface area contributed by atoms with Gasteiger partial charge in [-0.1, -0.05) is 59.3 Å². The van der Waals surface area contributed by atoms with Gasteiger partial charge in [-0.05, 0) is 44.0 Å². The number of aryl methyl sites for hydroxylation is 2. The number of rotatable bonds is 9. The third-order valence-electron chi connectivity index (χ3n) is 5.75. The minimum absolute atomic E-state index is 0.0727. The second-order valence-electron chi connectivity index (χ2n) is 8.64. The molecule has 2 heterocycles. The molecule has 0 aliphatic heterocycles. The number of thiophene rings is 1. The van der Waals surface area contributed by atoms with Crippen LogP contribution in [0, 0.1) is 13.8 Å². The summed E-state index contributed by atoms with van der Waals surface area (Å²) in [5.41, 5.74) is 4.06. The monoisotopic (exact) mass is 570 g/mol. The Hall–Kier alpha value is -3.34. The van der Waals surface area contributed by atoms with E-state index < -0.39 is 12.1 Å². The van der Waals surface area contributed by atoms with Crippen molar-refractivity contribution in [2.45, 2.75) is 32.0 Å². The third kappa shape index (κ3) is 6.20. The van der Waals surface area contributed by atoms with E-state index in [2.05, 4.69) is 15.5 Å². The Labute approximate surface area is 234 Å². The molecule has 198 valence electrons. The van der Waals surface area contributed by atoms with Gasteiger partial charge in [-0.2, -0.15) is 0 Å². The predicted molar refractivity (Wildman–Crippen MR) is 151 cm³/mol. The molecular formula is C27H27ClN4O4S2. The molecule has 0 spiro atoms. The predicted octanol–water partition coefficient (Wildman–Crippen LogP) is 6.47. The zero-order chi connectivity index (χ0) is 27.4. The van der Waals surface area contributed by atoms with Crippen molar-refractivity contribution in [3.8, 4) is 16.9 Å². The number of aromatic nitrogens is 3. The van der Waals surface area contributed by atoms with Gasteiger partial charge in [-0.15, -0.1) is 21.5 Å². The maximum absolute atomic E-state index is 12.8. The van der Waals surface area contributed by atoms with Gasteiger partial charge in [0.15, 0.2) is 17.1 Å². The van der Waals surface area contributed by atoms with Crippen molar-refractivity contribution >= 4 is 51.6 Å². The number of anilines is 1. The Morgan fingerprint density at radius 3 is 2.55 bits per heavy atom. The molecule has 0 fully saturated rings. The number of benzene rings is 2. The molecule has 1 N–H and O–H groups in total. The highest BCUT2D eigenvalue weighted by Gasteiger charge is 2.23. The average molecular weight is 571 g/mol. The van der Waals surface area contributed by atoms with Crippen molar-refractivity contribution in [2.24, 2.45) is 7.05 Å². The molecule has 0 aliphatic rings. The fourth-order valence-corrected chi connectivity index (χ4v) is 5.60. The quantitative estimate of drug-likeness (QED) is 0.182. The molecule has 0 radical (unpaired) electrons. The second-order valence-corrected chi connectivity index (χ2v) is 10.9. The Kier molecular flexibility index (Phi) is 8.76. The Morgan fingerprint density at radius 2 is 1.84 bits per heavy atom. The van der Waals surface area contributed by atoms with Crippen molar-refractivity contribution in [3.05, 3.63) is 75.4 Å². The Balaban J connectivity index is 1.43.